The Hall–Kier alpha value is -2.70. The van der Waals surface area contributed by atoms with Crippen LogP contribution in [0.2, 0.25) is 0 Å². The Morgan fingerprint density at radius 1 is 1.19 bits per heavy atom. The van der Waals surface area contributed by atoms with Crippen molar-refractivity contribution in [2.45, 2.75) is 44.4 Å². The predicted octanol–water partition coefficient (Wildman–Crippen LogP) is 4.20. The lowest BCUT2D eigenvalue weighted by atomic mass is 9.66. The predicted molar refractivity (Wildman–Crippen MR) is 92.8 cm³/mol. The Bertz CT molecular complexity index is 1010. The van der Waals surface area contributed by atoms with Crippen molar-refractivity contribution in [3.63, 3.8) is 0 Å². The zero-order valence-electron chi connectivity index (χ0n) is 15.0. The van der Waals surface area contributed by atoms with Gasteiger partial charge in [-0.3, -0.25) is 0 Å². The Kier molecular flexibility index (Phi) is 3.30. The van der Waals surface area contributed by atoms with Crippen molar-refractivity contribution in [2.75, 3.05) is 0 Å². The molecule has 2 aliphatic rings. The average Bonchev–Trinajstić information content (AvgIpc) is 3.26. The number of hydrogen-bond acceptors (Lipinski definition) is 5. The van der Waals surface area contributed by atoms with Gasteiger partial charge in [-0.1, -0.05) is 25.1 Å². The molecule has 1 aromatic carbocycles. The van der Waals surface area contributed by atoms with Crippen LogP contribution in [0, 0.1) is 17.0 Å². The molecular weight excluding hydrogens is 350 g/mol. The third-order valence-electron chi connectivity index (χ3n) is 6.70. The second kappa shape index (κ2) is 5.41. The summed E-state index contributed by atoms with van der Waals surface area (Å²) in [6, 6.07) is 5.63. The fourth-order valence-electron chi connectivity index (χ4n) is 5.22. The molecule has 7 heteroatoms. The van der Waals surface area contributed by atoms with Crippen molar-refractivity contribution in [1.82, 2.24) is 20.3 Å². The van der Waals surface area contributed by atoms with Crippen LogP contribution in [0.3, 0.4) is 0 Å². The van der Waals surface area contributed by atoms with Gasteiger partial charge in [-0.25, -0.2) is 8.78 Å². The Labute approximate surface area is 154 Å². The number of halogens is 2. The van der Waals surface area contributed by atoms with Crippen molar-refractivity contribution in [2.24, 2.45) is 5.41 Å². The maximum Gasteiger partial charge on any atom is 0.213 e. The first-order valence-electron chi connectivity index (χ1n) is 9.02. The molecule has 2 aliphatic carbocycles. The molecule has 27 heavy (non-hydrogen) atoms. The Balaban J connectivity index is 1.66. The average molecular weight is 368 g/mol. The van der Waals surface area contributed by atoms with Crippen molar-refractivity contribution >= 4 is 0 Å². The highest BCUT2D eigenvalue weighted by Gasteiger charge is 2.63. The van der Waals surface area contributed by atoms with E-state index in [9.17, 15) is 8.78 Å². The third kappa shape index (κ3) is 2.08. The van der Waals surface area contributed by atoms with E-state index in [2.05, 4.69) is 34.2 Å². The highest BCUT2D eigenvalue weighted by atomic mass is 19.1. The molecule has 0 aliphatic heterocycles. The maximum atomic E-state index is 14.2. The number of benzene rings is 1. The SMILES string of the molecule is CC1(C)[C@H]2CC[C@]1(Cc1ncon1)c1nnc(-c3c(F)cccc3F)cc12. The number of aromatic nitrogens is 4. The minimum absolute atomic E-state index is 0.0863. The quantitative estimate of drug-likeness (QED) is 0.693. The first-order valence-corrected chi connectivity index (χ1v) is 9.02. The van der Waals surface area contributed by atoms with Gasteiger partial charge in [-0.05, 0) is 47.9 Å². The van der Waals surface area contributed by atoms with Crippen molar-refractivity contribution in [3.05, 3.63) is 59.4 Å². The van der Waals surface area contributed by atoms with E-state index in [-0.39, 0.29) is 28.0 Å². The number of hydrogen-bond donors (Lipinski definition) is 0. The van der Waals surface area contributed by atoms with Gasteiger partial charge in [0.2, 0.25) is 6.39 Å². The summed E-state index contributed by atoms with van der Waals surface area (Å²) in [7, 11) is 0. The van der Waals surface area contributed by atoms with Crippen LogP contribution in [0.25, 0.3) is 11.3 Å². The third-order valence-corrected chi connectivity index (χ3v) is 6.70. The van der Waals surface area contributed by atoms with Gasteiger partial charge in [0.15, 0.2) is 5.82 Å². The van der Waals surface area contributed by atoms with Crippen molar-refractivity contribution in [3.8, 4) is 11.3 Å². The molecule has 1 saturated carbocycles. The van der Waals surface area contributed by atoms with E-state index in [1.165, 1.54) is 24.6 Å². The van der Waals surface area contributed by atoms with E-state index in [0.29, 0.717) is 12.2 Å². The minimum atomic E-state index is -0.631. The molecule has 0 N–H and O–H groups in total. The topological polar surface area (TPSA) is 64.7 Å². The molecule has 5 rings (SSSR count). The normalized spacial score (nSPS) is 25.0. The lowest BCUT2D eigenvalue weighted by molar-refractivity contribution is 0.199. The van der Waals surface area contributed by atoms with Crippen LogP contribution < -0.4 is 0 Å². The molecule has 138 valence electrons. The first-order chi connectivity index (χ1) is 12.9. The van der Waals surface area contributed by atoms with Gasteiger partial charge >= 0.3 is 0 Å². The van der Waals surface area contributed by atoms with E-state index in [4.69, 9.17) is 4.52 Å². The summed E-state index contributed by atoms with van der Waals surface area (Å²) < 4.78 is 33.3. The van der Waals surface area contributed by atoms with Crippen molar-refractivity contribution in [1.29, 1.82) is 0 Å². The molecule has 0 spiro atoms. The van der Waals surface area contributed by atoms with Gasteiger partial charge in [0.05, 0.1) is 17.0 Å². The highest BCUT2D eigenvalue weighted by molar-refractivity contribution is 5.63. The van der Waals surface area contributed by atoms with Crippen LogP contribution >= 0.6 is 0 Å². The second-order valence-electron chi connectivity index (χ2n) is 8.05. The summed E-state index contributed by atoms with van der Waals surface area (Å²) in [5.74, 6) is -0.368. The second-order valence-corrected chi connectivity index (χ2v) is 8.05. The fourth-order valence-corrected chi connectivity index (χ4v) is 5.22. The van der Waals surface area contributed by atoms with Gasteiger partial charge in [0, 0.05) is 11.8 Å². The smallest absolute Gasteiger partial charge is 0.213 e. The molecule has 0 unspecified atom stereocenters. The molecule has 0 amide bonds. The molecule has 2 bridgehead atoms. The van der Waals surface area contributed by atoms with Gasteiger partial charge < -0.3 is 4.52 Å². The minimum Gasteiger partial charge on any atom is -0.343 e. The van der Waals surface area contributed by atoms with Crippen LogP contribution in [-0.4, -0.2) is 20.3 Å². The molecule has 5 nitrogen and oxygen atoms in total. The lowest BCUT2D eigenvalue weighted by Gasteiger charge is -2.37. The summed E-state index contributed by atoms with van der Waals surface area (Å²) >= 11 is 0. The zero-order valence-corrected chi connectivity index (χ0v) is 15.0. The van der Waals surface area contributed by atoms with E-state index in [1.807, 2.05) is 6.07 Å². The van der Waals surface area contributed by atoms with E-state index >= 15 is 0 Å². The van der Waals surface area contributed by atoms with Crippen LogP contribution in [0.1, 0.15) is 49.7 Å². The lowest BCUT2D eigenvalue weighted by Crippen LogP contribution is -2.38. The highest BCUT2D eigenvalue weighted by Crippen LogP contribution is 2.68. The van der Waals surface area contributed by atoms with E-state index in [0.717, 1.165) is 24.1 Å². The summed E-state index contributed by atoms with van der Waals surface area (Å²) in [5, 5.41) is 12.7. The molecule has 1 fully saturated rings. The fraction of sp³-hybridized carbons (Fsp3) is 0.400. The molecular formula is C20H18F2N4O. The maximum absolute atomic E-state index is 14.2. The zero-order chi connectivity index (χ0) is 18.8. The standard InChI is InChI=1S/C20H18F2N4O/c1-19(2)12-6-7-20(19,9-16-23-10-27-26-16)18-11(12)8-15(24-25-18)17-13(21)4-3-5-14(17)22/h3-5,8,10,12H,6-7,9H2,1-2H3/t12-,20-/m0/s1. The largest absolute Gasteiger partial charge is 0.343 e. The monoisotopic (exact) mass is 368 g/mol. The van der Waals surface area contributed by atoms with Gasteiger partial charge in [0.1, 0.15) is 11.6 Å². The van der Waals surface area contributed by atoms with Crippen LogP contribution in [-0.2, 0) is 11.8 Å². The Morgan fingerprint density at radius 3 is 2.67 bits per heavy atom. The van der Waals surface area contributed by atoms with E-state index in [1.54, 1.807) is 0 Å². The number of fused-ring (bicyclic) bond motifs is 5. The van der Waals surface area contributed by atoms with E-state index < -0.39 is 11.6 Å². The van der Waals surface area contributed by atoms with Crippen LogP contribution in [0.15, 0.2) is 35.2 Å². The Morgan fingerprint density at radius 2 is 1.96 bits per heavy atom. The first kappa shape index (κ1) is 16.5. The number of rotatable bonds is 3. The van der Waals surface area contributed by atoms with Crippen LogP contribution in [0.5, 0.6) is 0 Å². The summed E-state index contributed by atoms with van der Waals surface area (Å²) in [6.07, 6.45) is 3.89. The molecule has 0 radical (unpaired) electrons. The molecule has 2 heterocycles. The van der Waals surface area contributed by atoms with Gasteiger partial charge in [-0.2, -0.15) is 15.2 Å². The number of nitrogens with zero attached hydrogens (tertiary/aromatic N) is 4. The van der Waals surface area contributed by atoms with Crippen molar-refractivity contribution < 1.29 is 13.3 Å². The summed E-state index contributed by atoms with van der Waals surface area (Å²) in [6.45, 7) is 4.44. The van der Waals surface area contributed by atoms with Gasteiger partial charge in [0.25, 0.3) is 0 Å². The molecule has 2 atom stereocenters. The van der Waals surface area contributed by atoms with Gasteiger partial charge in [-0.15, -0.1) is 0 Å². The summed E-state index contributed by atoms with van der Waals surface area (Å²) in [4.78, 5) is 4.19. The molecule has 2 aromatic heterocycles. The summed E-state index contributed by atoms with van der Waals surface area (Å²) in [5.41, 5.74) is 1.70. The molecule has 3 aromatic rings. The molecule has 0 saturated heterocycles. The van der Waals surface area contributed by atoms with Crippen LogP contribution in [0.4, 0.5) is 8.78 Å².